The van der Waals surface area contributed by atoms with E-state index in [2.05, 4.69) is 46.3 Å². The number of aryl methyl sites for hydroxylation is 1. The fraction of sp³-hybridized carbons (Fsp3) is 0.750. The van der Waals surface area contributed by atoms with Gasteiger partial charge in [0.1, 0.15) is 5.01 Å². The Hall–Kier alpha value is -0.410. The lowest BCUT2D eigenvalue weighted by Gasteiger charge is -2.35. The van der Waals surface area contributed by atoms with Crippen LogP contribution in [0.1, 0.15) is 43.0 Å². The molecule has 5 nitrogen and oxygen atoms in total. The molecule has 1 aliphatic heterocycles. The van der Waals surface area contributed by atoms with Crippen molar-refractivity contribution in [1.82, 2.24) is 20.5 Å². The maximum atomic E-state index is 4.66. The van der Waals surface area contributed by atoms with Gasteiger partial charge in [0.15, 0.2) is 5.96 Å². The number of halogens is 1. The quantitative estimate of drug-likeness (QED) is 0.397. The van der Waals surface area contributed by atoms with Crippen molar-refractivity contribution in [3.8, 4) is 0 Å². The van der Waals surface area contributed by atoms with Crippen molar-refractivity contribution in [2.75, 3.05) is 26.2 Å². The molecule has 0 bridgehead atoms. The summed E-state index contributed by atoms with van der Waals surface area (Å²) in [4.78, 5) is 12.8. The third kappa shape index (κ3) is 6.93. The molecule has 1 atom stereocenters. The summed E-state index contributed by atoms with van der Waals surface area (Å²) in [5.74, 6) is 0.900. The molecule has 0 saturated carbocycles. The Morgan fingerprint density at radius 3 is 2.87 bits per heavy atom. The van der Waals surface area contributed by atoms with Gasteiger partial charge in [0.2, 0.25) is 0 Å². The minimum absolute atomic E-state index is 0. The molecule has 0 radical (unpaired) electrons. The Labute approximate surface area is 161 Å². The molecule has 1 fully saturated rings. The van der Waals surface area contributed by atoms with Crippen LogP contribution in [0.15, 0.2) is 11.2 Å². The first kappa shape index (κ1) is 20.6. The van der Waals surface area contributed by atoms with Crippen LogP contribution in [-0.4, -0.2) is 48.1 Å². The van der Waals surface area contributed by atoms with E-state index < -0.39 is 0 Å². The van der Waals surface area contributed by atoms with Gasteiger partial charge in [0, 0.05) is 30.2 Å². The van der Waals surface area contributed by atoms with Crippen LogP contribution in [0.2, 0.25) is 0 Å². The summed E-state index contributed by atoms with van der Waals surface area (Å²) < 4.78 is 0. The van der Waals surface area contributed by atoms with Crippen molar-refractivity contribution in [3.05, 3.63) is 16.1 Å². The second kappa shape index (κ2) is 11.2. The van der Waals surface area contributed by atoms with E-state index in [1.54, 1.807) is 11.3 Å². The molecule has 0 spiro atoms. The largest absolute Gasteiger partial charge is 0.357 e. The number of guanidine groups is 1. The Kier molecular flexibility index (Phi) is 10.0. The number of aromatic nitrogens is 1. The van der Waals surface area contributed by atoms with Crippen LogP contribution in [0.3, 0.4) is 0 Å². The Morgan fingerprint density at radius 2 is 2.22 bits per heavy atom. The van der Waals surface area contributed by atoms with E-state index in [1.165, 1.54) is 30.7 Å². The number of likely N-dealkylation sites (N-methyl/N-ethyl adjacent to an activating group) is 1. The predicted molar refractivity (Wildman–Crippen MR) is 110 cm³/mol. The lowest BCUT2D eigenvalue weighted by atomic mass is 10.0. The van der Waals surface area contributed by atoms with Crippen LogP contribution in [0.25, 0.3) is 0 Å². The van der Waals surface area contributed by atoms with E-state index in [-0.39, 0.29) is 24.0 Å². The van der Waals surface area contributed by atoms with Gasteiger partial charge in [0.25, 0.3) is 0 Å². The van der Waals surface area contributed by atoms with E-state index in [4.69, 9.17) is 0 Å². The van der Waals surface area contributed by atoms with Crippen molar-refractivity contribution < 1.29 is 0 Å². The van der Waals surface area contributed by atoms with Crippen LogP contribution in [0, 0.1) is 6.92 Å². The zero-order chi connectivity index (χ0) is 15.8. The molecule has 2 N–H and O–H groups in total. The van der Waals surface area contributed by atoms with E-state index in [1.807, 2.05) is 6.20 Å². The highest BCUT2D eigenvalue weighted by molar-refractivity contribution is 14.0. The third-order valence-electron chi connectivity index (χ3n) is 4.05. The summed E-state index contributed by atoms with van der Waals surface area (Å²) in [6.07, 6.45) is 5.87. The maximum absolute atomic E-state index is 4.66. The number of piperidine rings is 1. The molecule has 1 aromatic heterocycles. The minimum Gasteiger partial charge on any atom is -0.357 e. The number of hydrogen-bond donors (Lipinski definition) is 2. The maximum Gasteiger partial charge on any atom is 0.191 e. The van der Waals surface area contributed by atoms with Crippen LogP contribution in [0.4, 0.5) is 0 Å². The first-order chi connectivity index (χ1) is 10.7. The van der Waals surface area contributed by atoms with Crippen molar-refractivity contribution in [2.24, 2.45) is 4.99 Å². The van der Waals surface area contributed by atoms with Gasteiger partial charge in [-0.1, -0.05) is 13.3 Å². The zero-order valence-corrected chi connectivity index (χ0v) is 17.6. The first-order valence-electron chi connectivity index (χ1n) is 8.40. The van der Waals surface area contributed by atoms with Gasteiger partial charge >= 0.3 is 0 Å². The Balaban J connectivity index is 0.00000264. The first-order valence-corrected chi connectivity index (χ1v) is 9.22. The number of hydrogen-bond acceptors (Lipinski definition) is 4. The van der Waals surface area contributed by atoms with Crippen molar-refractivity contribution in [2.45, 2.75) is 52.6 Å². The molecule has 2 rings (SSSR count). The molecule has 2 heterocycles. The average molecular weight is 451 g/mol. The number of aliphatic imine (C=N–C) groups is 1. The summed E-state index contributed by atoms with van der Waals surface area (Å²) in [5, 5.41) is 7.91. The highest BCUT2D eigenvalue weighted by Crippen LogP contribution is 2.15. The van der Waals surface area contributed by atoms with Crippen LogP contribution in [0.5, 0.6) is 0 Å². The molecule has 1 saturated heterocycles. The fourth-order valence-electron chi connectivity index (χ4n) is 2.88. The SMILES string of the molecule is CCNC(=NCc1ncc(C)s1)NCC1CCCCN1CC.I. The van der Waals surface area contributed by atoms with Gasteiger partial charge in [0.05, 0.1) is 6.54 Å². The highest BCUT2D eigenvalue weighted by atomic mass is 127. The van der Waals surface area contributed by atoms with Crippen LogP contribution < -0.4 is 10.6 Å². The standard InChI is InChI=1S/C16H29N5S.HI/c1-4-17-16(20-12-15-18-10-13(3)22-15)19-11-14-8-6-7-9-21(14)5-2;/h10,14H,4-9,11-12H2,1-3H3,(H2,17,19,20);1H. The fourth-order valence-corrected chi connectivity index (χ4v) is 3.60. The number of likely N-dealkylation sites (tertiary alicyclic amines) is 1. The molecule has 0 amide bonds. The molecule has 132 valence electrons. The average Bonchev–Trinajstić information content (AvgIpc) is 2.96. The molecule has 0 aliphatic carbocycles. The molecule has 0 aromatic carbocycles. The molecule has 23 heavy (non-hydrogen) atoms. The van der Waals surface area contributed by atoms with Gasteiger partial charge < -0.3 is 10.6 Å². The summed E-state index contributed by atoms with van der Waals surface area (Å²) in [6, 6.07) is 0.629. The minimum atomic E-state index is 0. The van der Waals surface area contributed by atoms with Gasteiger partial charge in [-0.25, -0.2) is 9.98 Å². The second-order valence-corrected chi connectivity index (χ2v) is 7.04. The van der Waals surface area contributed by atoms with Crippen molar-refractivity contribution in [1.29, 1.82) is 0 Å². The normalized spacial score (nSPS) is 19.3. The van der Waals surface area contributed by atoms with Crippen molar-refractivity contribution >= 4 is 41.3 Å². The summed E-state index contributed by atoms with van der Waals surface area (Å²) in [5.41, 5.74) is 0. The summed E-state index contributed by atoms with van der Waals surface area (Å²) in [7, 11) is 0. The topological polar surface area (TPSA) is 52.6 Å². The van der Waals surface area contributed by atoms with Crippen molar-refractivity contribution in [3.63, 3.8) is 0 Å². The second-order valence-electron chi connectivity index (χ2n) is 5.72. The molecular weight excluding hydrogens is 421 g/mol. The molecule has 7 heteroatoms. The smallest absolute Gasteiger partial charge is 0.191 e. The molecular formula is C16H30IN5S. The Bertz CT molecular complexity index is 477. The lowest BCUT2D eigenvalue weighted by Crippen LogP contribution is -2.49. The summed E-state index contributed by atoms with van der Waals surface area (Å²) in [6.45, 7) is 11.3. The van der Waals surface area contributed by atoms with Crippen LogP contribution >= 0.6 is 35.3 Å². The number of nitrogens with one attached hydrogen (secondary N) is 2. The number of rotatable bonds is 6. The summed E-state index contributed by atoms with van der Waals surface area (Å²) >= 11 is 1.72. The van der Waals surface area contributed by atoms with E-state index in [0.717, 1.165) is 30.6 Å². The van der Waals surface area contributed by atoms with E-state index >= 15 is 0 Å². The highest BCUT2D eigenvalue weighted by Gasteiger charge is 2.20. The monoisotopic (exact) mass is 451 g/mol. The van der Waals surface area contributed by atoms with Gasteiger partial charge in [-0.15, -0.1) is 35.3 Å². The third-order valence-corrected chi connectivity index (χ3v) is 4.94. The molecule has 1 aromatic rings. The van der Waals surface area contributed by atoms with Gasteiger partial charge in [-0.05, 0) is 39.8 Å². The Morgan fingerprint density at radius 1 is 1.39 bits per heavy atom. The lowest BCUT2D eigenvalue weighted by molar-refractivity contribution is 0.157. The van der Waals surface area contributed by atoms with E-state index in [9.17, 15) is 0 Å². The molecule has 1 aliphatic rings. The van der Waals surface area contributed by atoms with E-state index in [0.29, 0.717) is 12.6 Å². The predicted octanol–water partition coefficient (Wildman–Crippen LogP) is 3.00. The van der Waals surface area contributed by atoms with Gasteiger partial charge in [-0.2, -0.15) is 0 Å². The van der Waals surface area contributed by atoms with Gasteiger partial charge in [-0.3, -0.25) is 4.90 Å². The molecule has 1 unspecified atom stereocenters. The number of nitrogens with zero attached hydrogens (tertiary/aromatic N) is 3. The number of thiazole rings is 1. The van der Waals surface area contributed by atoms with Crippen LogP contribution in [-0.2, 0) is 6.54 Å². The zero-order valence-electron chi connectivity index (χ0n) is 14.5.